The third-order valence-electron chi connectivity index (χ3n) is 6.59. The summed E-state index contributed by atoms with van der Waals surface area (Å²) in [6.07, 6.45) is 1.56. The summed E-state index contributed by atoms with van der Waals surface area (Å²) < 4.78 is 23.7. The summed E-state index contributed by atoms with van der Waals surface area (Å²) in [5.74, 6) is 1.04. The Morgan fingerprint density at radius 3 is 2.52 bits per heavy atom. The van der Waals surface area contributed by atoms with Gasteiger partial charge in [-0.25, -0.2) is 9.79 Å². The molecule has 3 heterocycles. The predicted octanol–water partition coefficient (Wildman–Crippen LogP) is 4.37. The number of allylic oxidation sites excluding steroid dienone is 1. The molecule has 0 N–H and O–H groups in total. The Morgan fingerprint density at radius 1 is 1.12 bits per heavy atom. The zero-order valence-corrected chi connectivity index (χ0v) is 24.1. The number of nitrogens with zero attached hydrogens (tertiary/aromatic N) is 3. The summed E-state index contributed by atoms with van der Waals surface area (Å²) >= 11 is 1.15. The van der Waals surface area contributed by atoms with Crippen molar-refractivity contribution in [1.29, 1.82) is 0 Å². The first-order chi connectivity index (χ1) is 20.2. The Bertz CT molecular complexity index is 1880. The molecule has 1 atom stereocenters. The van der Waals surface area contributed by atoms with Crippen LogP contribution in [0.25, 0.3) is 17.4 Å². The molecule has 0 aliphatic carbocycles. The van der Waals surface area contributed by atoms with Gasteiger partial charge in [-0.3, -0.25) is 19.5 Å². The van der Waals surface area contributed by atoms with Crippen LogP contribution in [0.4, 0.5) is 5.69 Å². The molecule has 2 aromatic carbocycles. The fraction of sp³-hybridized carbons (Fsp3) is 0.233. The Kier molecular flexibility index (Phi) is 8.07. The lowest BCUT2D eigenvalue weighted by molar-refractivity contribution is -0.384. The molecule has 0 saturated carbocycles. The van der Waals surface area contributed by atoms with Gasteiger partial charge in [0.05, 0.1) is 58.7 Å². The number of rotatable bonds is 9. The lowest BCUT2D eigenvalue weighted by Crippen LogP contribution is -2.39. The summed E-state index contributed by atoms with van der Waals surface area (Å²) in [5, 5.41) is 11.7. The maximum atomic E-state index is 13.8. The average Bonchev–Trinajstić information content (AvgIpc) is 3.56. The molecule has 11 nitrogen and oxygen atoms in total. The van der Waals surface area contributed by atoms with Gasteiger partial charge in [0.1, 0.15) is 23.0 Å². The van der Waals surface area contributed by atoms with Gasteiger partial charge in [-0.05, 0) is 62.7 Å². The summed E-state index contributed by atoms with van der Waals surface area (Å²) in [6.45, 7) is 5.99. The molecule has 5 rings (SSSR count). The first kappa shape index (κ1) is 28.6. The molecule has 216 valence electrons. The SMILES string of the molecule is CCOC(=O)C1=C(C)N=c2s/c(=C\c3ccc(-c4ccc(OC)cc4[N+](=O)[O-])o3)c(=O)n2[C@H]1c1ccc(OCC)cc1. The highest BCUT2D eigenvalue weighted by Gasteiger charge is 2.33. The second-order valence-corrected chi connectivity index (χ2v) is 10.2. The molecule has 0 radical (unpaired) electrons. The summed E-state index contributed by atoms with van der Waals surface area (Å²) in [4.78, 5) is 43.0. The number of ether oxygens (including phenoxy) is 3. The Morgan fingerprint density at radius 2 is 1.86 bits per heavy atom. The van der Waals surface area contributed by atoms with E-state index >= 15 is 0 Å². The molecule has 0 fully saturated rings. The van der Waals surface area contributed by atoms with Gasteiger partial charge in [-0.15, -0.1) is 0 Å². The van der Waals surface area contributed by atoms with Gasteiger partial charge in [0, 0.05) is 6.08 Å². The maximum absolute atomic E-state index is 13.8. The number of thiazole rings is 1. The van der Waals surface area contributed by atoms with Crippen molar-refractivity contribution >= 4 is 29.1 Å². The van der Waals surface area contributed by atoms with E-state index in [1.807, 2.05) is 19.1 Å². The van der Waals surface area contributed by atoms with E-state index < -0.39 is 16.9 Å². The van der Waals surface area contributed by atoms with Crippen LogP contribution in [-0.4, -0.2) is 35.8 Å². The van der Waals surface area contributed by atoms with E-state index in [4.69, 9.17) is 18.6 Å². The zero-order chi connectivity index (χ0) is 30.0. The Balaban J connectivity index is 1.61. The van der Waals surface area contributed by atoms with Crippen LogP contribution in [0.15, 0.2) is 80.1 Å². The quantitative estimate of drug-likeness (QED) is 0.160. The molecule has 1 aliphatic heterocycles. The molecule has 42 heavy (non-hydrogen) atoms. The maximum Gasteiger partial charge on any atom is 0.338 e. The molecular formula is C30H27N3O8S. The van der Waals surface area contributed by atoms with Crippen molar-refractivity contribution in [3.63, 3.8) is 0 Å². The molecule has 0 saturated heterocycles. The standard InChI is InChI=1S/C30H27N3O8S/c1-5-39-19-9-7-18(8-10-19)27-26(29(35)40-6-2)17(3)31-30-32(27)28(34)25(42-30)16-21-12-14-24(41-21)22-13-11-20(38-4)15-23(22)33(36)37/h7-16,27H,5-6H2,1-4H3/b25-16-/t27-/m0/s1. The van der Waals surface area contributed by atoms with Gasteiger partial charge >= 0.3 is 5.97 Å². The van der Waals surface area contributed by atoms with Crippen LogP contribution in [0.3, 0.4) is 0 Å². The molecule has 2 aromatic heterocycles. The van der Waals surface area contributed by atoms with Crippen LogP contribution < -0.4 is 24.4 Å². The first-order valence-corrected chi connectivity index (χ1v) is 13.9. The number of esters is 1. The predicted molar refractivity (Wildman–Crippen MR) is 155 cm³/mol. The highest BCUT2D eigenvalue weighted by molar-refractivity contribution is 7.07. The van der Waals surface area contributed by atoms with Crippen LogP contribution >= 0.6 is 11.3 Å². The fourth-order valence-electron chi connectivity index (χ4n) is 4.72. The number of hydrogen-bond acceptors (Lipinski definition) is 10. The summed E-state index contributed by atoms with van der Waals surface area (Å²) in [6, 6.07) is 14.1. The van der Waals surface area contributed by atoms with E-state index in [0.717, 1.165) is 11.3 Å². The minimum atomic E-state index is -0.771. The molecule has 0 spiro atoms. The number of fused-ring (bicyclic) bond motifs is 1. The van der Waals surface area contributed by atoms with Crippen molar-refractivity contribution < 1.29 is 28.3 Å². The van der Waals surface area contributed by atoms with Gasteiger partial charge in [-0.2, -0.15) is 0 Å². The van der Waals surface area contributed by atoms with Crippen molar-refractivity contribution in [2.75, 3.05) is 20.3 Å². The number of aromatic nitrogens is 1. The van der Waals surface area contributed by atoms with E-state index in [-0.39, 0.29) is 34.8 Å². The minimum absolute atomic E-state index is 0.170. The minimum Gasteiger partial charge on any atom is -0.497 e. The topological polar surface area (TPSA) is 135 Å². The Hall–Kier alpha value is -4.97. The number of hydrogen-bond donors (Lipinski definition) is 0. The number of nitro groups is 1. The van der Waals surface area contributed by atoms with Gasteiger partial charge in [0.15, 0.2) is 4.80 Å². The van der Waals surface area contributed by atoms with Crippen LogP contribution in [0.2, 0.25) is 0 Å². The lowest BCUT2D eigenvalue weighted by Gasteiger charge is -2.24. The zero-order valence-electron chi connectivity index (χ0n) is 23.3. The molecule has 0 amide bonds. The highest BCUT2D eigenvalue weighted by Crippen LogP contribution is 2.35. The molecule has 1 aliphatic rings. The molecular weight excluding hydrogens is 562 g/mol. The van der Waals surface area contributed by atoms with E-state index in [0.29, 0.717) is 44.5 Å². The third kappa shape index (κ3) is 5.36. The molecule has 0 bridgehead atoms. The van der Waals surface area contributed by atoms with Crippen molar-refractivity contribution in [1.82, 2.24) is 4.57 Å². The average molecular weight is 590 g/mol. The number of carbonyl (C=O) groups is 1. The van der Waals surface area contributed by atoms with E-state index in [2.05, 4.69) is 4.99 Å². The van der Waals surface area contributed by atoms with Gasteiger partial charge in [0.25, 0.3) is 11.2 Å². The highest BCUT2D eigenvalue weighted by atomic mass is 32.1. The first-order valence-electron chi connectivity index (χ1n) is 13.1. The number of methoxy groups -OCH3 is 1. The van der Waals surface area contributed by atoms with Gasteiger partial charge in [-0.1, -0.05) is 23.5 Å². The van der Waals surface area contributed by atoms with Gasteiger partial charge in [0.2, 0.25) is 0 Å². The monoisotopic (exact) mass is 589 g/mol. The van der Waals surface area contributed by atoms with Crippen LogP contribution in [0.1, 0.15) is 38.1 Å². The number of nitro benzene ring substituents is 1. The normalized spacial score (nSPS) is 14.8. The smallest absolute Gasteiger partial charge is 0.338 e. The second-order valence-electron chi connectivity index (χ2n) is 9.15. The molecule has 0 unspecified atom stereocenters. The van der Waals surface area contributed by atoms with Crippen LogP contribution in [-0.2, 0) is 9.53 Å². The summed E-state index contributed by atoms with van der Waals surface area (Å²) in [5.41, 5.74) is 1.13. The summed E-state index contributed by atoms with van der Waals surface area (Å²) in [7, 11) is 1.43. The Labute approximate surface area is 243 Å². The van der Waals surface area contributed by atoms with Crippen molar-refractivity contribution in [2.24, 2.45) is 4.99 Å². The van der Waals surface area contributed by atoms with Crippen LogP contribution in [0, 0.1) is 10.1 Å². The molecule has 12 heteroatoms. The van der Waals surface area contributed by atoms with Crippen LogP contribution in [0.5, 0.6) is 11.5 Å². The largest absolute Gasteiger partial charge is 0.497 e. The molecule has 4 aromatic rings. The fourth-order valence-corrected chi connectivity index (χ4v) is 5.75. The van der Waals surface area contributed by atoms with E-state index in [1.165, 1.54) is 17.7 Å². The number of furan rings is 1. The number of benzene rings is 2. The third-order valence-corrected chi connectivity index (χ3v) is 7.57. The van der Waals surface area contributed by atoms with E-state index in [9.17, 15) is 19.7 Å². The van der Waals surface area contributed by atoms with Crippen molar-refractivity contribution in [2.45, 2.75) is 26.8 Å². The van der Waals surface area contributed by atoms with Gasteiger partial charge < -0.3 is 18.6 Å². The second kappa shape index (κ2) is 11.9. The van der Waals surface area contributed by atoms with E-state index in [1.54, 1.807) is 56.3 Å². The van der Waals surface area contributed by atoms with Crippen molar-refractivity contribution in [3.8, 4) is 22.8 Å². The van der Waals surface area contributed by atoms with Crippen molar-refractivity contribution in [3.05, 3.63) is 107 Å². The lowest BCUT2D eigenvalue weighted by atomic mass is 9.96. The number of carbonyl (C=O) groups excluding carboxylic acids is 1.